The number of ketones is 2. The quantitative estimate of drug-likeness (QED) is 0.0105. The first-order valence-corrected chi connectivity index (χ1v) is 49.9. The zero-order valence-corrected chi connectivity index (χ0v) is 88.1. The molecule has 4 N–H and O–H groups in total. The van der Waals surface area contributed by atoms with Crippen LogP contribution in [0.4, 0.5) is 9.59 Å². The predicted octanol–water partition coefficient (Wildman–Crippen LogP) is 21.4. The molecular weight excluding hydrogens is 1810 g/mol. The summed E-state index contributed by atoms with van der Waals surface area (Å²) in [6.45, 7) is 51.8. The SMILES string of the molecule is C=C(C)C(=O)OCC(C)C.C=C(C)C(=O)OCC(CC)CCCC.C=C(C)C(=O)OCCOc1ccccc1.C=CC(=O)OCCNC(=O)OCCOc1ccc(C(=O)C(C)(C)O)cc1.CCCCC(CC)COC(=O)C(CC)CCCCC(CCCCC(C)(CCCCC(C)(CC)C(=O)OCC(C)C)C(=O)OCCOc1ccccc1)C(=O)OCCNC(=O)OCCOc1ccc(C(=O)C(C)(C)O)cc1. The van der Waals surface area contributed by atoms with Crippen molar-refractivity contribution >= 4 is 71.5 Å². The molecule has 30 heteroatoms. The fourth-order valence-corrected chi connectivity index (χ4v) is 13.1. The van der Waals surface area contributed by atoms with Gasteiger partial charge in [0.2, 0.25) is 0 Å². The summed E-state index contributed by atoms with van der Waals surface area (Å²) in [5.41, 5.74) is -2.32. The van der Waals surface area contributed by atoms with Gasteiger partial charge in [-0.1, -0.05) is 209 Å². The van der Waals surface area contributed by atoms with Gasteiger partial charge < -0.3 is 87.2 Å². The molecule has 2 amide bonds. The second-order valence-corrected chi connectivity index (χ2v) is 37.2. The fraction of sp³-hybridized carbons (Fsp3) is 0.604. The van der Waals surface area contributed by atoms with E-state index in [0.717, 1.165) is 63.2 Å². The highest BCUT2D eigenvalue weighted by Gasteiger charge is 2.37. The van der Waals surface area contributed by atoms with Crippen molar-refractivity contribution in [2.24, 2.45) is 46.3 Å². The van der Waals surface area contributed by atoms with Gasteiger partial charge in [0, 0.05) is 33.9 Å². The number of hydrogen-bond donors (Lipinski definition) is 4. The smallest absolute Gasteiger partial charge is 0.407 e. The molecule has 0 aliphatic carbocycles. The van der Waals surface area contributed by atoms with Gasteiger partial charge >= 0.3 is 59.9 Å². The molecule has 4 aromatic rings. The summed E-state index contributed by atoms with van der Waals surface area (Å²) < 4.78 is 74.7. The molecule has 0 fully saturated rings. The highest BCUT2D eigenvalue weighted by Crippen LogP contribution is 2.37. The number of carbonyl (C=O) groups excluding carboxylic acids is 12. The minimum Gasteiger partial charge on any atom is -0.490 e. The average Bonchev–Trinajstić information content (AvgIpc) is 0.855. The third kappa shape index (κ3) is 62.5. The highest BCUT2D eigenvalue weighted by molar-refractivity contribution is 6.02. The molecule has 0 aromatic heterocycles. The molecule has 0 aliphatic heterocycles. The average molecular weight is 1980 g/mol. The summed E-state index contributed by atoms with van der Waals surface area (Å²) in [7, 11) is 0. The number of para-hydroxylation sites is 2. The second-order valence-electron chi connectivity index (χ2n) is 37.2. The molecule has 0 aliphatic rings. The summed E-state index contributed by atoms with van der Waals surface area (Å²) in [6.07, 6.45) is 17.5. The number of amides is 2. The van der Waals surface area contributed by atoms with Crippen LogP contribution in [0.5, 0.6) is 23.0 Å². The van der Waals surface area contributed by atoms with Crippen LogP contribution in [0.1, 0.15) is 294 Å². The molecule has 792 valence electrons. The van der Waals surface area contributed by atoms with E-state index in [1.807, 2.05) is 116 Å². The Bertz CT molecular complexity index is 4270. The first-order chi connectivity index (χ1) is 66.8. The lowest BCUT2D eigenvalue weighted by atomic mass is 9.77. The molecule has 0 bridgehead atoms. The lowest BCUT2D eigenvalue weighted by molar-refractivity contribution is -0.158. The molecule has 0 heterocycles. The van der Waals surface area contributed by atoms with Gasteiger partial charge in [0.1, 0.15) is 100 Å². The number of alkyl carbamates (subject to hydrolysis) is 2. The Kier molecular flexibility index (Phi) is 69.3. The van der Waals surface area contributed by atoms with Crippen LogP contribution >= 0.6 is 0 Å². The van der Waals surface area contributed by atoms with Crippen LogP contribution in [0, 0.1) is 46.3 Å². The lowest BCUT2D eigenvalue weighted by Gasteiger charge is -2.29. The van der Waals surface area contributed by atoms with Gasteiger partial charge in [-0.15, -0.1) is 0 Å². The number of hydrogen-bond acceptors (Lipinski definition) is 28. The van der Waals surface area contributed by atoms with Crippen molar-refractivity contribution in [1.29, 1.82) is 0 Å². The minimum absolute atomic E-state index is 0.0165. The van der Waals surface area contributed by atoms with Crippen LogP contribution in [-0.4, -0.2) is 199 Å². The molecule has 4 aromatic carbocycles. The van der Waals surface area contributed by atoms with Crippen LogP contribution in [0.3, 0.4) is 0 Å². The monoisotopic (exact) mass is 1980 g/mol. The van der Waals surface area contributed by atoms with E-state index in [9.17, 15) is 67.7 Å². The Morgan fingerprint density at radius 3 is 1.08 bits per heavy atom. The molecule has 6 unspecified atom stereocenters. The van der Waals surface area contributed by atoms with Crippen molar-refractivity contribution in [3.8, 4) is 23.0 Å². The fourth-order valence-electron chi connectivity index (χ4n) is 13.1. The first-order valence-electron chi connectivity index (χ1n) is 49.9. The maximum absolute atomic E-state index is 13.9. The standard InChI is InChI=1S/C61H97NO14.C18H23NO7.C12H14O3.C12H22O2.C8H14O2/c1-11-15-25-47(12-2)45-75-54(64)48(13-3)26-19-20-27-50(55(65)72-39-38-62-58(68)74-43-41-71-52-33-31-49(32-34-52)53(63)59(7,8)69)28-21-22-36-61(10,57(67)73-42-40-70-51-29-17-16-18-30-51)37-24-23-35-60(9,14-4)56(66)76-44-46(5)6;1-4-15(20)25-10-9-19-17(22)26-12-11-24-14-7-5-13(6-8-14)16(21)18(2,3)23;1-10(2)12(13)15-9-8-14-11-6-4-3-5-7-11;1-5-7-8-11(6-2)9-14-12(13)10(3)4;1-6(2)5-10-8(9)7(3)4/h16-18,29-34,46-48,50,69H,11-15,19-28,35-45H2,1-10H3,(H,62,68);4-8,23H,1,9-12H2,2-3H3,(H,19,22);3-7H,1,8-9H2,2H3;11H,3,5-9H2,1-2,4H3;6H,3,5H2,1-2,4H3. The van der Waals surface area contributed by atoms with Crippen LogP contribution in [0.15, 0.2) is 158 Å². The Labute approximate surface area is 840 Å². The summed E-state index contributed by atoms with van der Waals surface area (Å²) in [4.78, 5) is 145. The highest BCUT2D eigenvalue weighted by atomic mass is 16.6. The number of aliphatic hydroxyl groups is 2. The van der Waals surface area contributed by atoms with E-state index >= 15 is 0 Å². The van der Waals surface area contributed by atoms with Crippen molar-refractivity contribution in [2.75, 3.05) is 106 Å². The van der Waals surface area contributed by atoms with Crippen LogP contribution in [0.2, 0.25) is 0 Å². The van der Waals surface area contributed by atoms with Crippen molar-refractivity contribution in [3.63, 3.8) is 0 Å². The number of rotatable bonds is 67. The second kappa shape index (κ2) is 75.4. The Hall–Kier alpha value is -11.4. The van der Waals surface area contributed by atoms with Crippen molar-refractivity contribution in [1.82, 2.24) is 10.6 Å². The van der Waals surface area contributed by atoms with Crippen molar-refractivity contribution in [2.45, 2.75) is 284 Å². The molecule has 0 spiro atoms. The van der Waals surface area contributed by atoms with E-state index in [-0.39, 0.29) is 132 Å². The normalized spacial score (nSPS) is 12.5. The maximum Gasteiger partial charge on any atom is 0.407 e. The number of ether oxygens (including phenoxy) is 14. The lowest BCUT2D eigenvalue weighted by Crippen LogP contribution is -2.32. The number of esters is 8. The Morgan fingerprint density at radius 2 is 0.695 bits per heavy atom. The minimum atomic E-state index is -1.50. The van der Waals surface area contributed by atoms with Gasteiger partial charge in [0.05, 0.1) is 62.2 Å². The molecule has 6 atom stereocenters. The van der Waals surface area contributed by atoms with Crippen molar-refractivity contribution in [3.05, 3.63) is 169 Å². The molecule has 30 nitrogen and oxygen atoms in total. The van der Waals surface area contributed by atoms with Gasteiger partial charge in [-0.3, -0.25) is 28.8 Å². The molecule has 0 saturated heterocycles. The molecule has 0 radical (unpaired) electrons. The summed E-state index contributed by atoms with van der Waals surface area (Å²) in [5.74, 6) is -0.0846. The van der Waals surface area contributed by atoms with Gasteiger partial charge in [-0.2, -0.15) is 0 Å². The van der Waals surface area contributed by atoms with E-state index in [1.54, 1.807) is 69.3 Å². The number of carbonyl (C=O) groups is 12. The topological polar surface area (TPSA) is 399 Å². The number of benzene rings is 4. The molecular formula is C111H170N2O28. The summed E-state index contributed by atoms with van der Waals surface area (Å²) in [6, 6.07) is 31.3. The Morgan fingerprint density at radius 1 is 0.355 bits per heavy atom. The zero-order valence-electron chi connectivity index (χ0n) is 88.1. The van der Waals surface area contributed by atoms with Crippen LogP contribution < -0.4 is 29.6 Å². The van der Waals surface area contributed by atoms with E-state index in [2.05, 4.69) is 69.4 Å². The summed E-state index contributed by atoms with van der Waals surface area (Å²) in [5, 5.41) is 24.7. The molecule has 141 heavy (non-hydrogen) atoms. The number of nitrogens with one attached hydrogen (secondary N) is 2. The van der Waals surface area contributed by atoms with Crippen molar-refractivity contribution < 1.29 is 134 Å². The largest absolute Gasteiger partial charge is 0.490 e. The van der Waals surface area contributed by atoms with Gasteiger partial charge in [0.15, 0.2) is 11.6 Å². The molecule has 4 rings (SSSR count). The van der Waals surface area contributed by atoms with E-state index in [4.69, 9.17) is 61.6 Å². The van der Waals surface area contributed by atoms with Crippen LogP contribution in [0.25, 0.3) is 0 Å². The maximum atomic E-state index is 13.9. The van der Waals surface area contributed by atoms with E-state index in [1.165, 1.54) is 40.5 Å². The predicted molar refractivity (Wildman–Crippen MR) is 545 cm³/mol. The van der Waals surface area contributed by atoms with Gasteiger partial charge in [-0.25, -0.2) is 28.8 Å². The van der Waals surface area contributed by atoms with E-state index in [0.29, 0.717) is 173 Å². The number of unbranched alkanes of at least 4 members (excludes halogenated alkanes) is 5. The summed E-state index contributed by atoms with van der Waals surface area (Å²) >= 11 is 0. The van der Waals surface area contributed by atoms with Gasteiger partial charge in [-0.05, 0) is 223 Å². The molecule has 0 saturated carbocycles. The third-order valence-electron chi connectivity index (χ3n) is 22.2. The van der Waals surface area contributed by atoms with Crippen LogP contribution in [-0.2, 0) is 85.7 Å². The number of Topliss-reactive ketones (excluding diaryl/α,β-unsaturated/α-hetero) is 2. The van der Waals surface area contributed by atoms with Gasteiger partial charge in [0.25, 0.3) is 0 Å². The Balaban J connectivity index is 0.00000238. The third-order valence-corrected chi connectivity index (χ3v) is 22.2. The first kappa shape index (κ1) is 130. The van der Waals surface area contributed by atoms with E-state index < -0.39 is 51.9 Å². The zero-order chi connectivity index (χ0) is 106.